The van der Waals surface area contributed by atoms with Gasteiger partial charge in [0.05, 0.1) is 0 Å². The van der Waals surface area contributed by atoms with Crippen molar-refractivity contribution >= 4 is 30.0 Å². The van der Waals surface area contributed by atoms with Gasteiger partial charge >= 0.3 is 108 Å². The Morgan fingerprint density at radius 1 is 1.29 bits per heavy atom. The molecule has 2 aromatic heterocycles. The van der Waals surface area contributed by atoms with Crippen molar-refractivity contribution < 1.29 is 0 Å². The van der Waals surface area contributed by atoms with Gasteiger partial charge in [-0.25, -0.2) is 0 Å². The Labute approximate surface area is 108 Å². The molecule has 0 amide bonds. The first-order valence-electron chi connectivity index (χ1n) is 6.18. The number of pyridine rings is 1. The van der Waals surface area contributed by atoms with E-state index in [4.69, 9.17) is 10.7 Å². The molecule has 17 heavy (non-hydrogen) atoms. The molecule has 0 aliphatic heterocycles. The summed E-state index contributed by atoms with van der Waals surface area (Å²) in [5.74, 6) is 0. The van der Waals surface area contributed by atoms with Crippen LogP contribution in [-0.4, -0.2) is 19.5 Å². The molecule has 0 radical (unpaired) electrons. The summed E-state index contributed by atoms with van der Waals surface area (Å²) in [5, 5.41) is 0. The zero-order valence-corrected chi connectivity index (χ0v) is 12.3. The van der Waals surface area contributed by atoms with Gasteiger partial charge in [0.1, 0.15) is 0 Å². The van der Waals surface area contributed by atoms with Crippen molar-refractivity contribution in [1.82, 2.24) is 4.98 Å². The number of nitrogen functional groups attached to an aromatic ring is 1. The molecule has 3 rings (SSSR count). The maximum atomic E-state index is 6.33. The van der Waals surface area contributed by atoms with Gasteiger partial charge in [-0.15, -0.1) is 0 Å². The van der Waals surface area contributed by atoms with Crippen molar-refractivity contribution in [3.63, 3.8) is 0 Å². The zero-order valence-electron chi connectivity index (χ0n) is 10.6. The van der Waals surface area contributed by atoms with E-state index in [1.54, 1.807) is 0 Å². The zero-order chi connectivity index (χ0) is 12.2. The van der Waals surface area contributed by atoms with Gasteiger partial charge in [0, 0.05) is 0 Å². The van der Waals surface area contributed by atoms with E-state index in [9.17, 15) is 0 Å². The number of rotatable bonds is 0. The normalized spacial score (nSPS) is 15.5. The summed E-state index contributed by atoms with van der Waals surface area (Å²) in [6.07, 6.45) is 3.46. The molecule has 0 fully saturated rings. The molecule has 2 aromatic rings. The van der Waals surface area contributed by atoms with Gasteiger partial charge in [-0.2, -0.15) is 0 Å². The van der Waals surface area contributed by atoms with Crippen molar-refractivity contribution in [2.75, 3.05) is 5.73 Å². The summed E-state index contributed by atoms with van der Waals surface area (Å²) < 4.78 is 2.85. The van der Waals surface area contributed by atoms with Crippen LogP contribution in [0.4, 0.5) is 5.69 Å². The fourth-order valence-electron chi connectivity index (χ4n) is 2.45. The van der Waals surface area contributed by atoms with E-state index in [2.05, 4.69) is 26.8 Å². The molecule has 3 heteroatoms. The third kappa shape index (κ3) is 1.73. The number of nitrogens with two attached hydrogens (primary N) is 1. The van der Waals surface area contributed by atoms with E-state index in [1.165, 1.54) is 26.4 Å². The van der Waals surface area contributed by atoms with Crippen LogP contribution in [0.25, 0.3) is 9.78 Å². The standard InChI is InChI=1S/C14H18N2Se/c1-14(2,3)11-7-10-13(17-11)12(15)8-5-4-6-9(8)16-10/h7H,4-6H2,1-3H3,(H2,15,16). The van der Waals surface area contributed by atoms with Crippen LogP contribution >= 0.6 is 0 Å². The summed E-state index contributed by atoms with van der Waals surface area (Å²) in [5.41, 5.74) is 11.4. The molecule has 0 atom stereocenters. The van der Waals surface area contributed by atoms with Crippen molar-refractivity contribution in [3.8, 4) is 0 Å². The number of anilines is 1. The first-order valence-corrected chi connectivity index (χ1v) is 7.89. The van der Waals surface area contributed by atoms with Gasteiger partial charge in [-0.3, -0.25) is 0 Å². The average molecular weight is 293 g/mol. The van der Waals surface area contributed by atoms with Gasteiger partial charge < -0.3 is 0 Å². The SMILES string of the molecule is CC(C)(C)c1cc2nc3c(c(N)c2[se]1)CCC3. The van der Waals surface area contributed by atoms with E-state index < -0.39 is 0 Å². The van der Waals surface area contributed by atoms with Gasteiger partial charge in [0.2, 0.25) is 0 Å². The van der Waals surface area contributed by atoms with Gasteiger partial charge in [-0.05, 0) is 0 Å². The van der Waals surface area contributed by atoms with Crippen molar-refractivity contribution in [3.05, 3.63) is 21.8 Å². The average Bonchev–Trinajstić information content (AvgIpc) is 2.82. The Bertz CT molecular complexity index is 590. The molecular weight excluding hydrogens is 275 g/mol. The van der Waals surface area contributed by atoms with Gasteiger partial charge in [0.25, 0.3) is 0 Å². The molecule has 1 aliphatic carbocycles. The summed E-state index contributed by atoms with van der Waals surface area (Å²) in [6, 6.07) is 2.28. The molecular formula is C14H18N2Se. The molecule has 1 aliphatic rings. The maximum absolute atomic E-state index is 6.33. The Kier molecular flexibility index (Phi) is 2.39. The van der Waals surface area contributed by atoms with E-state index in [1.807, 2.05) is 0 Å². The third-order valence-electron chi connectivity index (χ3n) is 3.47. The van der Waals surface area contributed by atoms with Crippen LogP contribution in [-0.2, 0) is 18.3 Å². The van der Waals surface area contributed by atoms with Crippen LogP contribution in [0.15, 0.2) is 6.07 Å². The summed E-state index contributed by atoms with van der Waals surface area (Å²) in [7, 11) is 0. The minimum absolute atomic E-state index is 0.248. The monoisotopic (exact) mass is 294 g/mol. The quantitative estimate of drug-likeness (QED) is 0.758. The Morgan fingerprint density at radius 3 is 2.76 bits per heavy atom. The molecule has 0 unspecified atom stereocenters. The molecule has 2 heterocycles. The van der Waals surface area contributed by atoms with Crippen LogP contribution < -0.4 is 5.73 Å². The summed E-state index contributed by atoms with van der Waals surface area (Å²) in [4.78, 5) is 4.82. The fourth-order valence-corrected chi connectivity index (χ4v) is 4.84. The van der Waals surface area contributed by atoms with Crippen LogP contribution in [0.3, 0.4) is 0 Å². The number of fused-ring (bicyclic) bond motifs is 2. The molecule has 2 nitrogen and oxygen atoms in total. The second kappa shape index (κ2) is 3.60. The fraction of sp³-hybridized carbons (Fsp3) is 0.500. The predicted molar refractivity (Wildman–Crippen MR) is 73.8 cm³/mol. The molecule has 2 N–H and O–H groups in total. The van der Waals surface area contributed by atoms with Gasteiger partial charge in [-0.1, -0.05) is 0 Å². The van der Waals surface area contributed by atoms with E-state index in [-0.39, 0.29) is 5.41 Å². The van der Waals surface area contributed by atoms with Crippen molar-refractivity contribution in [2.24, 2.45) is 0 Å². The number of aryl methyl sites for hydroxylation is 1. The Morgan fingerprint density at radius 2 is 2.06 bits per heavy atom. The molecule has 0 spiro atoms. The van der Waals surface area contributed by atoms with Crippen molar-refractivity contribution in [2.45, 2.75) is 45.4 Å². The first-order chi connectivity index (χ1) is 7.97. The van der Waals surface area contributed by atoms with Crippen LogP contribution in [0.2, 0.25) is 0 Å². The number of hydrogen-bond acceptors (Lipinski definition) is 2. The summed E-state index contributed by atoms with van der Waals surface area (Å²) >= 11 is 0.377. The van der Waals surface area contributed by atoms with Crippen LogP contribution in [0.5, 0.6) is 0 Å². The second-order valence-electron chi connectivity index (χ2n) is 5.88. The van der Waals surface area contributed by atoms with Crippen LogP contribution in [0, 0.1) is 0 Å². The van der Waals surface area contributed by atoms with E-state index >= 15 is 0 Å². The molecule has 90 valence electrons. The van der Waals surface area contributed by atoms with E-state index in [0.717, 1.165) is 24.0 Å². The topological polar surface area (TPSA) is 38.9 Å². The Balaban J connectivity index is 2.28. The molecule has 0 bridgehead atoms. The van der Waals surface area contributed by atoms with Gasteiger partial charge in [0.15, 0.2) is 0 Å². The Hall–Kier alpha value is -0.791. The molecule has 0 saturated carbocycles. The van der Waals surface area contributed by atoms with Crippen molar-refractivity contribution in [1.29, 1.82) is 0 Å². The van der Waals surface area contributed by atoms with Crippen LogP contribution in [0.1, 0.15) is 42.9 Å². The molecule has 0 saturated heterocycles. The number of hydrogen-bond donors (Lipinski definition) is 1. The second-order valence-corrected chi connectivity index (χ2v) is 8.09. The predicted octanol–water partition coefficient (Wildman–Crippen LogP) is 2.66. The number of nitrogens with zero attached hydrogens (tertiary/aromatic N) is 1. The first kappa shape index (κ1) is 11.3. The minimum atomic E-state index is 0.248. The number of aromatic nitrogens is 1. The molecule has 0 aromatic carbocycles. The van der Waals surface area contributed by atoms with E-state index in [0.29, 0.717) is 14.5 Å². The third-order valence-corrected chi connectivity index (χ3v) is 6.79. The summed E-state index contributed by atoms with van der Waals surface area (Å²) in [6.45, 7) is 6.82.